The molecule has 0 radical (unpaired) electrons. The zero-order valence-electron chi connectivity index (χ0n) is 12.2. The monoisotopic (exact) mass is 410 g/mol. The Balaban J connectivity index is 2.23. The summed E-state index contributed by atoms with van der Waals surface area (Å²) in [5.41, 5.74) is -1.43. The fourth-order valence-corrected chi connectivity index (χ4v) is 2.31. The third kappa shape index (κ3) is 3.39. The van der Waals surface area contributed by atoms with E-state index < -0.39 is 40.8 Å². The molecule has 0 saturated heterocycles. The van der Waals surface area contributed by atoms with E-state index in [4.69, 9.17) is 0 Å². The van der Waals surface area contributed by atoms with Crippen LogP contribution in [0, 0.1) is 24.0 Å². The maximum absolute atomic E-state index is 12.8. The van der Waals surface area contributed by atoms with Gasteiger partial charge in [0, 0.05) is 0 Å². The van der Waals surface area contributed by atoms with Crippen LogP contribution in [0.2, 0.25) is 0 Å². The van der Waals surface area contributed by atoms with Crippen LogP contribution in [-0.4, -0.2) is 30.8 Å². The van der Waals surface area contributed by atoms with Gasteiger partial charge in [-0.05, 0) is 34.7 Å². The molecule has 0 atom stereocenters. The van der Waals surface area contributed by atoms with Crippen LogP contribution in [0.5, 0.6) is 0 Å². The second kappa shape index (κ2) is 6.22. The van der Waals surface area contributed by atoms with Crippen molar-refractivity contribution < 1.29 is 22.9 Å². The van der Waals surface area contributed by atoms with Crippen molar-refractivity contribution in [1.82, 2.24) is 20.0 Å². The Kier molecular flexibility index (Phi) is 4.64. The molecular formula is C11H10BrF3N6O3. The molecule has 2 N–H and O–H groups in total. The second-order valence-electron chi connectivity index (χ2n) is 4.76. The smallest absolute Gasteiger partial charge is 0.358 e. The van der Waals surface area contributed by atoms with Crippen molar-refractivity contribution >= 4 is 33.3 Å². The van der Waals surface area contributed by atoms with E-state index in [2.05, 4.69) is 36.5 Å². The highest BCUT2D eigenvalue weighted by Crippen LogP contribution is 2.34. The number of hydrogen-bond acceptors (Lipinski definition) is 5. The number of H-pyrrole nitrogens is 1. The number of aromatic amines is 1. The molecule has 2 aromatic rings. The number of alkyl halides is 3. The lowest BCUT2D eigenvalue weighted by molar-refractivity contribution is -0.390. The van der Waals surface area contributed by atoms with E-state index in [0.29, 0.717) is 0 Å². The highest BCUT2D eigenvalue weighted by atomic mass is 79.9. The number of nitrogens with zero attached hydrogens (tertiary/aromatic N) is 4. The molecule has 24 heavy (non-hydrogen) atoms. The molecule has 0 aliphatic carbocycles. The quantitative estimate of drug-likeness (QED) is 0.592. The largest absolute Gasteiger partial charge is 0.437 e. The van der Waals surface area contributed by atoms with Gasteiger partial charge in [-0.2, -0.15) is 23.0 Å². The zero-order valence-corrected chi connectivity index (χ0v) is 13.8. The van der Waals surface area contributed by atoms with Crippen LogP contribution in [0.3, 0.4) is 0 Å². The molecule has 0 unspecified atom stereocenters. The number of nitrogens with one attached hydrogen (secondary N) is 2. The third-order valence-corrected chi connectivity index (χ3v) is 3.99. The SMILES string of the molecule is Cc1[nH]nc(C(F)(F)F)c1NC(=O)Cn1nc([N+](=O)[O-])c(Br)c1C. The van der Waals surface area contributed by atoms with Crippen LogP contribution >= 0.6 is 15.9 Å². The summed E-state index contributed by atoms with van der Waals surface area (Å²) in [6, 6.07) is 0. The minimum absolute atomic E-state index is 0.0278. The molecule has 0 bridgehead atoms. The Labute approximate surface area is 140 Å². The number of carbonyl (C=O) groups is 1. The molecule has 2 rings (SSSR count). The van der Waals surface area contributed by atoms with E-state index in [1.165, 1.54) is 13.8 Å². The van der Waals surface area contributed by atoms with Crippen molar-refractivity contribution in [3.63, 3.8) is 0 Å². The van der Waals surface area contributed by atoms with Gasteiger partial charge in [-0.25, -0.2) is 0 Å². The normalized spacial score (nSPS) is 11.6. The summed E-state index contributed by atoms with van der Waals surface area (Å²) in [7, 11) is 0. The Morgan fingerprint density at radius 1 is 1.46 bits per heavy atom. The number of aryl methyl sites for hydroxylation is 1. The molecule has 0 aliphatic heterocycles. The van der Waals surface area contributed by atoms with Gasteiger partial charge in [-0.15, -0.1) is 0 Å². The molecule has 9 nitrogen and oxygen atoms in total. The van der Waals surface area contributed by atoms with Gasteiger partial charge in [0.2, 0.25) is 5.91 Å². The highest BCUT2D eigenvalue weighted by molar-refractivity contribution is 9.10. The molecule has 0 aliphatic rings. The Morgan fingerprint density at radius 3 is 2.58 bits per heavy atom. The Morgan fingerprint density at radius 2 is 2.08 bits per heavy atom. The van der Waals surface area contributed by atoms with Crippen LogP contribution < -0.4 is 5.32 Å². The number of aromatic nitrogens is 4. The van der Waals surface area contributed by atoms with Gasteiger partial charge in [0.05, 0.1) is 22.2 Å². The number of hydrogen-bond donors (Lipinski definition) is 2. The average molecular weight is 411 g/mol. The van der Waals surface area contributed by atoms with Crippen LogP contribution in [0.25, 0.3) is 0 Å². The fraction of sp³-hybridized carbons (Fsp3) is 0.364. The zero-order chi connectivity index (χ0) is 18.2. The second-order valence-corrected chi connectivity index (χ2v) is 5.55. The van der Waals surface area contributed by atoms with E-state index >= 15 is 0 Å². The number of anilines is 1. The molecule has 0 saturated carbocycles. The number of carbonyl (C=O) groups excluding carboxylic acids is 1. The van der Waals surface area contributed by atoms with Gasteiger partial charge < -0.3 is 15.4 Å². The van der Waals surface area contributed by atoms with Crippen LogP contribution in [0.1, 0.15) is 17.1 Å². The first kappa shape index (κ1) is 17.9. The van der Waals surface area contributed by atoms with E-state index in [-0.39, 0.29) is 15.9 Å². The summed E-state index contributed by atoms with van der Waals surface area (Å²) in [6.45, 7) is 2.29. The van der Waals surface area contributed by atoms with E-state index in [1.807, 2.05) is 0 Å². The van der Waals surface area contributed by atoms with Gasteiger partial charge in [0.15, 0.2) is 5.69 Å². The van der Waals surface area contributed by atoms with Crippen molar-refractivity contribution in [3.8, 4) is 0 Å². The van der Waals surface area contributed by atoms with Crippen molar-refractivity contribution in [2.24, 2.45) is 0 Å². The number of halogens is 4. The summed E-state index contributed by atoms with van der Waals surface area (Å²) in [6.07, 6.45) is -4.74. The summed E-state index contributed by atoms with van der Waals surface area (Å²) >= 11 is 2.98. The average Bonchev–Trinajstić information content (AvgIpc) is 2.94. The lowest BCUT2D eigenvalue weighted by Crippen LogP contribution is -2.22. The highest BCUT2D eigenvalue weighted by Gasteiger charge is 2.38. The molecule has 13 heteroatoms. The molecule has 1 amide bonds. The van der Waals surface area contributed by atoms with Crippen molar-refractivity contribution in [2.75, 3.05) is 5.32 Å². The topological polar surface area (TPSA) is 119 Å². The summed E-state index contributed by atoms with van der Waals surface area (Å²) in [4.78, 5) is 22.0. The van der Waals surface area contributed by atoms with Crippen LogP contribution in [-0.2, 0) is 17.5 Å². The molecule has 130 valence electrons. The van der Waals surface area contributed by atoms with Crippen molar-refractivity contribution in [3.05, 3.63) is 31.7 Å². The standard InChI is InChI=1S/C11H10BrF3N6O3/c1-4-8(9(18-17-4)11(13,14)15)16-6(22)3-20-5(2)7(12)10(19-20)21(23)24/h3H2,1-2H3,(H,16,22)(H,17,18). The maximum Gasteiger partial charge on any atom is 0.437 e. The predicted octanol–water partition coefficient (Wildman–Crippen LogP) is 2.55. The fourth-order valence-electron chi connectivity index (χ4n) is 1.88. The van der Waals surface area contributed by atoms with Gasteiger partial charge in [0.1, 0.15) is 11.0 Å². The van der Waals surface area contributed by atoms with Gasteiger partial charge in [-0.3, -0.25) is 9.89 Å². The number of rotatable bonds is 4. The van der Waals surface area contributed by atoms with Gasteiger partial charge in [-0.1, -0.05) is 0 Å². The first-order valence-corrected chi connectivity index (χ1v) is 7.11. The predicted molar refractivity (Wildman–Crippen MR) is 78.3 cm³/mol. The molecule has 0 spiro atoms. The van der Waals surface area contributed by atoms with Crippen LogP contribution in [0.4, 0.5) is 24.7 Å². The molecular weight excluding hydrogens is 401 g/mol. The minimum atomic E-state index is -4.74. The first-order chi connectivity index (χ1) is 11.0. The molecule has 0 aromatic carbocycles. The van der Waals surface area contributed by atoms with Crippen molar-refractivity contribution in [1.29, 1.82) is 0 Å². The lowest BCUT2D eigenvalue weighted by atomic mass is 10.3. The van der Waals surface area contributed by atoms with E-state index in [9.17, 15) is 28.1 Å². The van der Waals surface area contributed by atoms with Crippen molar-refractivity contribution in [2.45, 2.75) is 26.6 Å². The summed E-state index contributed by atoms with van der Waals surface area (Å²) in [5, 5.41) is 21.8. The van der Waals surface area contributed by atoms with E-state index in [1.54, 1.807) is 0 Å². The molecule has 2 heterocycles. The van der Waals surface area contributed by atoms with E-state index in [0.717, 1.165) is 4.68 Å². The Hall–Kier alpha value is -2.44. The third-order valence-electron chi connectivity index (χ3n) is 3.06. The summed E-state index contributed by atoms with van der Waals surface area (Å²) < 4.78 is 39.6. The minimum Gasteiger partial charge on any atom is -0.358 e. The van der Waals surface area contributed by atoms with Gasteiger partial charge in [0.25, 0.3) is 0 Å². The number of nitro groups is 1. The molecule has 0 fully saturated rings. The lowest BCUT2D eigenvalue weighted by Gasteiger charge is -2.08. The maximum atomic E-state index is 12.8. The van der Waals surface area contributed by atoms with Gasteiger partial charge >= 0.3 is 12.0 Å². The van der Waals surface area contributed by atoms with Crippen LogP contribution in [0.15, 0.2) is 4.47 Å². The number of amides is 1. The summed E-state index contributed by atoms with van der Waals surface area (Å²) in [5.74, 6) is -1.33. The molecule has 2 aromatic heterocycles. The Bertz CT molecular complexity index is 813. The first-order valence-electron chi connectivity index (χ1n) is 6.31.